The van der Waals surface area contributed by atoms with E-state index in [4.69, 9.17) is 0 Å². The van der Waals surface area contributed by atoms with E-state index in [0.29, 0.717) is 12.5 Å². The molecule has 3 heteroatoms. The van der Waals surface area contributed by atoms with Crippen LogP contribution in [-0.2, 0) is 6.54 Å². The monoisotopic (exact) mass is 242 g/mol. The van der Waals surface area contributed by atoms with Crippen molar-refractivity contribution in [1.82, 2.24) is 9.55 Å². The van der Waals surface area contributed by atoms with Gasteiger partial charge in [-0.05, 0) is 17.9 Å². The van der Waals surface area contributed by atoms with Crippen LogP contribution in [0.5, 0.6) is 0 Å². The van der Waals surface area contributed by atoms with Gasteiger partial charge in [-0.2, -0.15) is 0 Å². The van der Waals surface area contributed by atoms with Gasteiger partial charge in [0.1, 0.15) is 0 Å². The Morgan fingerprint density at radius 1 is 1.33 bits per heavy atom. The highest BCUT2D eigenvalue weighted by Gasteiger charge is 2.08. The zero-order valence-electron chi connectivity index (χ0n) is 10.8. The smallest absolute Gasteiger partial charge is 0.182 e. The van der Waals surface area contributed by atoms with Gasteiger partial charge in [-0.3, -0.25) is 4.79 Å². The van der Waals surface area contributed by atoms with Gasteiger partial charge in [-0.1, -0.05) is 38.1 Å². The maximum absolute atomic E-state index is 12.0. The summed E-state index contributed by atoms with van der Waals surface area (Å²) in [5.41, 5.74) is 2.05. The van der Waals surface area contributed by atoms with Crippen molar-refractivity contribution in [2.45, 2.75) is 32.7 Å². The van der Waals surface area contributed by atoms with Crippen LogP contribution in [0.15, 0.2) is 43.0 Å². The molecule has 1 aromatic heterocycles. The summed E-state index contributed by atoms with van der Waals surface area (Å²) in [5.74, 6) is 0.659. The molecule has 0 radical (unpaired) electrons. The number of hydrogen-bond donors (Lipinski definition) is 0. The number of Topliss-reactive ketones (excluding diaryl/α,β-unsaturated/α-hetero) is 1. The van der Waals surface area contributed by atoms with Gasteiger partial charge in [-0.25, -0.2) is 4.98 Å². The standard InChI is InChI=1S/C15H18N2O/c1-3-12(2)13-4-6-14(7-5-13)15(18)10-17-9-8-16-11-17/h4-9,11-12H,3,10H2,1-2H3/t12-/m0/s1. The van der Waals surface area contributed by atoms with Crippen LogP contribution in [-0.4, -0.2) is 15.3 Å². The maximum Gasteiger partial charge on any atom is 0.182 e. The highest BCUT2D eigenvalue weighted by Crippen LogP contribution is 2.19. The van der Waals surface area contributed by atoms with Crippen LogP contribution in [0.4, 0.5) is 0 Å². The highest BCUT2D eigenvalue weighted by atomic mass is 16.1. The van der Waals surface area contributed by atoms with Crippen LogP contribution in [0.25, 0.3) is 0 Å². The maximum atomic E-state index is 12.0. The lowest BCUT2D eigenvalue weighted by atomic mass is 9.97. The number of ketones is 1. The molecule has 18 heavy (non-hydrogen) atoms. The first-order valence-electron chi connectivity index (χ1n) is 6.29. The van der Waals surface area contributed by atoms with Crippen molar-refractivity contribution in [2.75, 3.05) is 0 Å². The average Bonchev–Trinajstić information content (AvgIpc) is 2.91. The zero-order valence-corrected chi connectivity index (χ0v) is 10.8. The Hall–Kier alpha value is -1.90. The summed E-state index contributed by atoms with van der Waals surface area (Å²) < 4.78 is 1.78. The molecule has 0 spiro atoms. The number of imidazole rings is 1. The fourth-order valence-electron chi connectivity index (χ4n) is 1.87. The predicted octanol–water partition coefficient (Wildman–Crippen LogP) is 3.28. The quantitative estimate of drug-likeness (QED) is 0.754. The summed E-state index contributed by atoms with van der Waals surface area (Å²) in [6.07, 6.45) is 6.25. The van der Waals surface area contributed by atoms with E-state index in [2.05, 4.69) is 31.0 Å². The third-order valence-electron chi connectivity index (χ3n) is 3.30. The number of carbonyl (C=O) groups excluding carboxylic acids is 1. The fraction of sp³-hybridized carbons (Fsp3) is 0.333. The SMILES string of the molecule is CC[C@H](C)c1ccc(C(=O)Cn2ccnc2)cc1. The van der Waals surface area contributed by atoms with Crippen molar-refractivity contribution in [3.8, 4) is 0 Å². The number of nitrogens with zero attached hydrogens (tertiary/aromatic N) is 2. The minimum atomic E-state index is 0.115. The largest absolute Gasteiger partial charge is 0.330 e. The van der Waals surface area contributed by atoms with E-state index in [1.807, 2.05) is 12.1 Å². The molecule has 0 N–H and O–H groups in total. The second kappa shape index (κ2) is 5.63. The molecule has 0 saturated heterocycles. The minimum absolute atomic E-state index is 0.115. The second-order valence-corrected chi connectivity index (χ2v) is 4.59. The first-order valence-corrected chi connectivity index (χ1v) is 6.29. The van der Waals surface area contributed by atoms with Gasteiger partial charge in [0, 0.05) is 18.0 Å². The molecule has 0 amide bonds. The molecule has 0 saturated carbocycles. The molecule has 1 aromatic carbocycles. The molecule has 1 heterocycles. The summed E-state index contributed by atoms with van der Waals surface area (Å²) in [6, 6.07) is 7.94. The molecular formula is C15H18N2O. The Bertz CT molecular complexity index is 500. The fourth-order valence-corrected chi connectivity index (χ4v) is 1.87. The van der Waals surface area contributed by atoms with Crippen molar-refractivity contribution in [1.29, 1.82) is 0 Å². The van der Waals surface area contributed by atoms with Gasteiger partial charge in [0.15, 0.2) is 5.78 Å². The molecule has 0 aliphatic heterocycles. The number of hydrogen-bond acceptors (Lipinski definition) is 2. The van der Waals surface area contributed by atoms with Crippen LogP contribution in [0.1, 0.15) is 42.1 Å². The number of rotatable bonds is 5. The Kier molecular flexibility index (Phi) is 3.92. The molecule has 3 nitrogen and oxygen atoms in total. The summed E-state index contributed by atoms with van der Waals surface area (Å²) in [7, 11) is 0. The van der Waals surface area contributed by atoms with E-state index in [0.717, 1.165) is 12.0 Å². The van der Waals surface area contributed by atoms with Crippen molar-refractivity contribution in [3.63, 3.8) is 0 Å². The first kappa shape index (κ1) is 12.6. The zero-order chi connectivity index (χ0) is 13.0. The molecule has 2 rings (SSSR count). The molecular weight excluding hydrogens is 224 g/mol. The van der Waals surface area contributed by atoms with E-state index in [-0.39, 0.29) is 5.78 Å². The Morgan fingerprint density at radius 3 is 2.61 bits per heavy atom. The molecule has 0 aliphatic carbocycles. The van der Waals surface area contributed by atoms with E-state index in [1.54, 1.807) is 23.3 Å². The summed E-state index contributed by atoms with van der Waals surface area (Å²) >= 11 is 0. The average molecular weight is 242 g/mol. The van der Waals surface area contributed by atoms with Crippen molar-refractivity contribution < 1.29 is 4.79 Å². The van der Waals surface area contributed by atoms with E-state index < -0.39 is 0 Å². The van der Waals surface area contributed by atoms with E-state index in [9.17, 15) is 4.79 Å². The number of benzene rings is 1. The third-order valence-corrected chi connectivity index (χ3v) is 3.30. The van der Waals surface area contributed by atoms with Crippen LogP contribution in [0.2, 0.25) is 0 Å². The van der Waals surface area contributed by atoms with Gasteiger partial charge in [0.05, 0.1) is 12.9 Å². The first-order chi connectivity index (χ1) is 8.70. The summed E-state index contributed by atoms with van der Waals surface area (Å²) in [4.78, 5) is 15.9. The van der Waals surface area contributed by atoms with Crippen LogP contribution >= 0.6 is 0 Å². The Morgan fingerprint density at radius 2 is 2.06 bits per heavy atom. The molecule has 2 aromatic rings. The third kappa shape index (κ3) is 2.86. The topological polar surface area (TPSA) is 34.9 Å². The van der Waals surface area contributed by atoms with Gasteiger partial charge < -0.3 is 4.57 Å². The molecule has 0 aliphatic rings. The van der Waals surface area contributed by atoms with Crippen molar-refractivity contribution >= 4 is 5.78 Å². The molecule has 94 valence electrons. The van der Waals surface area contributed by atoms with Crippen LogP contribution in [0, 0.1) is 0 Å². The van der Waals surface area contributed by atoms with Gasteiger partial charge in [-0.15, -0.1) is 0 Å². The Labute approximate surface area is 107 Å². The molecule has 1 atom stereocenters. The molecule has 0 unspecified atom stereocenters. The molecule has 0 fully saturated rings. The van der Waals surface area contributed by atoms with Crippen molar-refractivity contribution in [3.05, 3.63) is 54.1 Å². The lowest BCUT2D eigenvalue weighted by Gasteiger charge is -2.09. The predicted molar refractivity (Wildman–Crippen MR) is 71.7 cm³/mol. The van der Waals surface area contributed by atoms with Crippen LogP contribution < -0.4 is 0 Å². The minimum Gasteiger partial charge on any atom is -0.330 e. The number of aromatic nitrogens is 2. The Balaban J connectivity index is 2.07. The highest BCUT2D eigenvalue weighted by molar-refractivity contribution is 5.95. The summed E-state index contributed by atoms with van der Waals surface area (Å²) in [5, 5.41) is 0. The van der Waals surface area contributed by atoms with Crippen molar-refractivity contribution in [2.24, 2.45) is 0 Å². The summed E-state index contributed by atoms with van der Waals surface area (Å²) in [6.45, 7) is 4.72. The number of carbonyl (C=O) groups is 1. The van der Waals surface area contributed by atoms with Gasteiger partial charge in [0.2, 0.25) is 0 Å². The van der Waals surface area contributed by atoms with E-state index in [1.165, 1.54) is 5.56 Å². The lowest BCUT2D eigenvalue weighted by Crippen LogP contribution is -2.09. The van der Waals surface area contributed by atoms with Crippen LogP contribution in [0.3, 0.4) is 0 Å². The van der Waals surface area contributed by atoms with Gasteiger partial charge in [0.25, 0.3) is 0 Å². The molecule has 0 bridgehead atoms. The normalized spacial score (nSPS) is 12.3. The van der Waals surface area contributed by atoms with Gasteiger partial charge >= 0.3 is 0 Å². The van der Waals surface area contributed by atoms with E-state index >= 15 is 0 Å². The lowest BCUT2D eigenvalue weighted by molar-refractivity contribution is 0.0972. The second-order valence-electron chi connectivity index (χ2n) is 4.59.